The summed E-state index contributed by atoms with van der Waals surface area (Å²) in [5, 5.41) is 31.5. The first-order valence-electron chi connectivity index (χ1n) is 10.2. The van der Waals surface area contributed by atoms with Crippen molar-refractivity contribution in [1.82, 2.24) is 0 Å². The van der Waals surface area contributed by atoms with Crippen molar-refractivity contribution >= 4 is 11.8 Å². The molecule has 2 bridgehead atoms. The van der Waals surface area contributed by atoms with Gasteiger partial charge >= 0.3 is 5.97 Å². The van der Waals surface area contributed by atoms with Crippen LogP contribution >= 0.6 is 0 Å². The van der Waals surface area contributed by atoms with Crippen LogP contribution in [0.2, 0.25) is 0 Å². The van der Waals surface area contributed by atoms with Crippen molar-refractivity contribution in [3.63, 3.8) is 0 Å². The molecule has 0 aromatic heterocycles. The minimum absolute atomic E-state index is 0.00147. The number of carbonyl (C=O) groups is 2. The van der Waals surface area contributed by atoms with E-state index in [2.05, 4.69) is 0 Å². The number of aliphatic carboxylic acids is 1. The summed E-state index contributed by atoms with van der Waals surface area (Å²) in [5.41, 5.74) is -4.89. The maximum atomic E-state index is 17.1. The molecule has 2 saturated carbocycles. The number of hydrogen-bond donors (Lipinski definition) is 3. The van der Waals surface area contributed by atoms with Gasteiger partial charge in [-0.2, -0.15) is 0 Å². The second kappa shape index (κ2) is 5.65. The van der Waals surface area contributed by atoms with E-state index >= 15 is 4.39 Å². The van der Waals surface area contributed by atoms with E-state index in [1.165, 1.54) is 12.2 Å². The van der Waals surface area contributed by atoms with E-state index in [4.69, 9.17) is 9.84 Å². The highest BCUT2D eigenvalue weighted by Crippen LogP contribution is 2.73. The first kappa shape index (κ1) is 19.2. The van der Waals surface area contributed by atoms with Crippen molar-refractivity contribution in [2.45, 2.75) is 62.7 Å². The molecule has 0 amide bonds. The van der Waals surface area contributed by atoms with Crippen LogP contribution in [0.1, 0.15) is 39.0 Å². The van der Waals surface area contributed by atoms with Crippen LogP contribution in [-0.2, 0) is 14.3 Å². The van der Waals surface area contributed by atoms with Gasteiger partial charge in [-0.3, -0.25) is 9.59 Å². The van der Waals surface area contributed by atoms with Crippen molar-refractivity contribution in [3.8, 4) is 0 Å². The van der Waals surface area contributed by atoms with Crippen molar-refractivity contribution in [2.75, 3.05) is 0 Å². The summed E-state index contributed by atoms with van der Waals surface area (Å²) in [4.78, 5) is 23.0. The van der Waals surface area contributed by atoms with Gasteiger partial charge in [-0.1, -0.05) is 18.2 Å². The van der Waals surface area contributed by atoms with Crippen LogP contribution in [-0.4, -0.2) is 50.7 Å². The fraction of sp³-hybridized carbons (Fsp3) is 0.636. The number of allylic oxidation sites excluding steroid dienone is 6. The molecule has 1 aliphatic heterocycles. The quantitative estimate of drug-likeness (QED) is 0.665. The molecule has 156 valence electrons. The Morgan fingerprint density at radius 1 is 1.38 bits per heavy atom. The van der Waals surface area contributed by atoms with Gasteiger partial charge in [-0.05, 0) is 56.3 Å². The van der Waals surface area contributed by atoms with Gasteiger partial charge in [0.05, 0.1) is 17.1 Å². The molecule has 0 aromatic carbocycles. The Labute approximate surface area is 167 Å². The van der Waals surface area contributed by atoms with Gasteiger partial charge < -0.3 is 20.1 Å². The molecule has 0 aromatic rings. The van der Waals surface area contributed by atoms with Gasteiger partial charge in [0, 0.05) is 17.8 Å². The highest BCUT2D eigenvalue weighted by molar-refractivity contribution is 6.01. The number of aliphatic hydroxyl groups is 2. The normalized spacial score (nSPS) is 52.0. The van der Waals surface area contributed by atoms with Gasteiger partial charge in [0.25, 0.3) is 0 Å². The summed E-state index contributed by atoms with van der Waals surface area (Å²) in [6, 6.07) is 0. The van der Waals surface area contributed by atoms with E-state index in [0.717, 1.165) is 0 Å². The Morgan fingerprint density at radius 2 is 2.14 bits per heavy atom. The van der Waals surface area contributed by atoms with Gasteiger partial charge in [0.15, 0.2) is 17.7 Å². The number of rotatable bonds is 3. The Kier molecular flexibility index (Phi) is 3.73. The maximum Gasteiger partial charge on any atom is 0.303 e. The van der Waals surface area contributed by atoms with Crippen molar-refractivity contribution < 1.29 is 34.0 Å². The van der Waals surface area contributed by atoms with Crippen LogP contribution in [0.15, 0.2) is 36.0 Å². The predicted molar refractivity (Wildman–Crippen MR) is 99.3 cm³/mol. The minimum Gasteiger partial charge on any atom is -0.481 e. The maximum absolute atomic E-state index is 17.1. The zero-order valence-corrected chi connectivity index (χ0v) is 16.2. The fourth-order valence-corrected chi connectivity index (χ4v) is 7.07. The third-order valence-electron chi connectivity index (χ3n) is 8.55. The molecule has 8 atom stereocenters. The fourth-order valence-electron chi connectivity index (χ4n) is 7.07. The monoisotopic (exact) mass is 404 g/mol. The van der Waals surface area contributed by atoms with Crippen LogP contribution in [0.25, 0.3) is 0 Å². The van der Waals surface area contributed by atoms with Crippen LogP contribution in [0.3, 0.4) is 0 Å². The van der Waals surface area contributed by atoms with Crippen molar-refractivity contribution in [3.05, 3.63) is 36.0 Å². The number of hydrogen-bond acceptors (Lipinski definition) is 5. The van der Waals surface area contributed by atoms with Crippen molar-refractivity contribution in [1.29, 1.82) is 0 Å². The third-order valence-corrected chi connectivity index (χ3v) is 8.55. The topological polar surface area (TPSA) is 104 Å². The van der Waals surface area contributed by atoms with E-state index in [1.54, 1.807) is 25.2 Å². The second-order valence-electron chi connectivity index (χ2n) is 9.48. The number of aliphatic hydroxyl groups excluding tert-OH is 1. The van der Waals surface area contributed by atoms with Gasteiger partial charge in [-0.25, -0.2) is 4.39 Å². The van der Waals surface area contributed by atoms with Crippen LogP contribution in [0.4, 0.5) is 4.39 Å². The summed E-state index contributed by atoms with van der Waals surface area (Å²) in [5.74, 6) is -2.21. The van der Waals surface area contributed by atoms with E-state index in [-0.39, 0.29) is 31.0 Å². The Balaban J connectivity index is 1.63. The van der Waals surface area contributed by atoms with E-state index in [1.807, 2.05) is 0 Å². The Morgan fingerprint density at radius 3 is 2.86 bits per heavy atom. The smallest absolute Gasteiger partial charge is 0.303 e. The largest absolute Gasteiger partial charge is 0.481 e. The first-order valence-corrected chi connectivity index (χ1v) is 10.2. The van der Waals surface area contributed by atoms with Gasteiger partial charge in [0.2, 0.25) is 0 Å². The average Bonchev–Trinajstić information content (AvgIpc) is 3.14. The molecule has 3 fully saturated rings. The molecule has 2 unspecified atom stereocenters. The molecule has 1 saturated heterocycles. The zero-order valence-electron chi connectivity index (χ0n) is 16.2. The summed E-state index contributed by atoms with van der Waals surface area (Å²) in [6.07, 6.45) is 6.31. The molecular formula is C22H25FO6. The highest BCUT2D eigenvalue weighted by Gasteiger charge is 2.79. The van der Waals surface area contributed by atoms with Crippen LogP contribution < -0.4 is 0 Å². The lowest BCUT2D eigenvalue weighted by Crippen LogP contribution is -2.65. The zero-order chi connectivity index (χ0) is 20.8. The molecule has 6 nitrogen and oxygen atoms in total. The molecular weight excluding hydrogens is 379 g/mol. The lowest BCUT2D eigenvalue weighted by molar-refractivity contribution is -0.199. The van der Waals surface area contributed by atoms with Crippen LogP contribution in [0, 0.1) is 22.7 Å². The number of carboxylic acids is 1. The summed E-state index contributed by atoms with van der Waals surface area (Å²) >= 11 is 0. The summed E-state index contributed by atoms with van der Waals surface area (Å²) < 4.78 is 22.9. The molecule has 29 heavy (non-hydrogen) atoms. The van der Waals surface area contributed by atoms with Gasteiger partial charge in [0.1, 0.15) is 0 Å². The SMILES string of the molecule is C[C@]12C=CC(=O)C=C1C=C[C@H]1[C@@H]3CC[C@](O)(CCC(=O)O)[C@@]34CC(OC4O)[C@@]12F. The predicted octanol–water partition coefficient (Wildman–Crippen LogP) is 2.07. The second-order valence-corrected chi connectivity index (χ2v) is 9.48. The van der Waals surface area contributed by atoms with E-state index in [0.29, 0.717) is 18.4 Å². The summed E-state index contributed by atoms with van der Waals surface area (Å²) in [7, 11) is 0. The minimum atomic E-state index is -1.88. The molecule has 1 spiro atoms. The number of ketones is 1. The lowest BCUT2D eigenvalue weighted by Gasteiger charge is -2.58. The Bertz CT molecular complexity index is 894. The third kappa shape index (κ3) is 2.06. The number of alkyl halides is 1. The Hall–Kier alpha value is -1.83. The van der Waals surface area contributed by atoms with E-state index in [9.17, 15) is 19.8 Å². The molecule has 7 heteroatoms. The van der Waals surface area contributed by atoms with E-state index < -0.39 is 46.4 Å². The average molecular weight is 404 g/mol. The number of carboxylic acid groups (broad SMARTS) is 1. The molecule has 5 aliphatic rings. The summed E-state index contributed by atoms with van der Waals surface area (Å²) in [6.45, 7) is 1.75. The van der Waals surface area contributed by atoms with Crippen LogP contribution in [0.5, 0.6) is 0 Å². The lowest BCUT2D eigenvalue weighted by atomic mass is 9.47. The first-order chi connectivity index (χ1) is 13.6. The highest BCUT2D eigenvalue weighted by atomic mass is 19.1. The molecule has 5 rings (SSSR count). The standard InChI is InChI=1S/C22H25FO6/c1-19-7-4-13(24)10-12(19)2-3-15-14-5-8-20(28,9-6-17(25)26)21(14)11-16(22(15,19)23)29-18(21)27/h2-4,7,10,14-16,18,27-28H,5-6,8-9,11H2,1H3,(H,25,26)/t14-,15-,16?,18?,19-,20-,21-,22-/m0/s1. The number of fused-ring (bicyclic) bond motifs is 6. The molecule has 1 heterocycles. The van der Waals surface area contributed by atoms with Crippen molar-refractivity contribution in [2.24, 2.45) is 22.7 Å². The number of ether oxygens (including phenoxy) is 1. The number of halogens is 1. The number of carbonyl (C=O) groups excluding carboxylic acids is 1. The molecule has 0 radical (unpaired) electrons. The molecule has 4 aliphatic carbocycles. The molecule has 3 N–H and O–H groups in total. The van der Waals surface area contributed by atoms with Gasteiger partial charge in [-0.15, -0.1) is 0 Å².